The van der Waals surface area contributed by atoms with Gasteiger partial charge in [-0.2, -0.15) is 0 Å². The molecule has 0 amide bonds. The Morgan fingerprint density at radius 3 is 2.50 bits per heavy atom. The average molecular weight is 245 g/mol. The second-order valence-corrected chi connectivity index (χ2v) is 4.33. The van der Waals surface area contributed by atoms with Crippen LogP contribution in [-0.4, -0.2) is 5.12 Å². The summed E-state index contributed by atoms with van der Waals surface area (Å²) in [7, 11) is 0. The standard InChI is InChI=1S/C9H9BrOS/c1-2-9(11)12-8-5-3-7(10)4-6-8/h3-6H,2H2,1H3. The maximum Gasteiger partial charge on any atom is 0.193 e. The van der Waals surface area contributed by atoms with Gasteiger partial charge < -0.3 is 0 Å². The molecule has 1 nitrogen and oxygen atoms in total. The van der Waals surface area contributed by atoms with E-state index in [1.54, 1.807) is 0 Å². The van der Waals surface area contributed by atoms with Gasteiger partial charge in [0.05, 0.1) is 0 Å². The van der Waals surface area contributed by atoms with Crippen LogP contribution in [0.3, 0.4) is 0 Å². The third-order valence-electron chi connectivity index (χ3n) is 1.33. The Morgan fingerprint density at radius 1 is 1.42 bits per heavy atom. The van der Waals surface area contributed by atoms with E-state index in [9.17, 15) is 4.79 Å². The Bertz CT molecular complexity index is 268. The number of hydrogen-bond acceptors (Lipinski definition) is 2. The molecule has 0 unspecified atom stereocenters. The zero-order valence-electron chi connectivity index (χ0n) is 6.71. The monoisotopic (exact) mass is 244 g/mol. The van der Waals surface area contributed by atoms with E-state index in [-0.39, 0.29) is 5.12 Å². The molecule has 0 atom stereocenters. The summed E-state index contributed by atoms with van der Waals surface area (Å²) >= 11 is 4.63. The molecule has 12 heavy (non-hydrogen) atoms. The molecule has 0 N–H and O–H groups in total. The number of halogens is 1. The van der Waals surface area contributed by atoms with Crippen molar-refractivity contribution in [2.45, 2.75) is 18.2 Å². The molecule has 3 heteroatoms. The largest absolute Gasteiger partial charge is 0.287 e. The molecular weight excluding hydrogens is 236 g/mol. The van der Waals surface area contributed by atoms with E-state index in [1.807, 2.05) is 31.2 Å². The van der Waals surface area contributed by atoms with Gasteiger partial charge in [-0.05, 0) is 24.3 Å². The fourth-order valence-electron chi connectivity index (χ4n) is 0.706. The summed E-state index contributed by atoms with van der Waals surface area (Å²) in [5.74, 6) is 0. The molecule has 64 valence electrons. The summed E-state index contributed by atoms with van der Waals surface area (Å²) in [6.07, 6.45) is 0.584. The van der Waals surface area contributed by atoms with Crippen LogP contribution in [0, 0.1) is 0 Å². The van der Waals surface area contributed by atoms with Crippen LogP contribution in [0.5, 0.6) is 0 Å². The van der Waals surface area contributed by atoms with Crippen molar-refractivity contribution >= 4 is 32.8 Å². The van der Waals surface area contributed by atoms with Gasteiger partial charge in [-0.3, -0.25) is 4.79 Å². The molecule has 0 aromatic heterocycles. The summed E-state index contributed by atoms with van der Waals surface area (Å²) in [6, 6.07) is 7.74. The first-order valence-electron chi connectivity index (χ1n) is 3.68. The highest BCUT2D eigenvalue weighted by Crippen LogP contribution is 2.21. The molecular formula is C9H9BrOS. The van der Waals surface area contributed by atoms with Crippen molar-refractivity contribution in [3.63, 3.8) is 0 Å². The van der Waals surface area contributed by atoms with Crippen molar-refractivity contribution in [2.24, 2.45) is 0 Å². The smallest absolute Gasteiger partial charge is 0.193 e. The van der Waals surface area contributed by atoms with E-state index in [0.29, 0.717) is 6.42 Å². The number of benzene rings is 1. The minimum atomic E-state index is 0.206. The van der Waals surface area contributed by atoms with Crippen LogP contribution in [0.15, 0.2) is 33.6 Å². The van der Waals surface area contributed by atoms with Gasteiger partial charge in [-0.15, -0.1) is 0 Å². The fraction of sp³-hybridized carbons (Fsp3) is 0.222. The van der Waals surface area contributed by atoms with Crippen LogP contribution >= 0.6 is 27.7 Å². The van der Waals surface area contributed by atoms with Gasteiger partial charge >= 0.3 is 0 Å². The highest BCUT2D eigenvalue weighted by molar-refractivity contribution is 9.10. The molecule has 0 bridgehead atoms. The number of thioether (sulfide) groups is 1. The Kier molecular flexibility index (Phi) is 3.82. The maximum absolute atomic E-state index is 11.0. The lowest BCUT2D eigenvalue weighted by atomic mass is 10.4. The van der Waals surface area contributed by atoms with Gasteiger partial charge in [0.15, 0.2) is 5.12 Å². The maximum atomic E-state index is 11.0. The van der Waals surface area contributed by atoms with Crippen molar-refractivity contribution in [1.82, 2.24) is 0 Å². The Morgan fingerprint density at radius 2 is 2.00 bits per heavy atom. The lowest BCUT2D eigenvalue weighted by Gasteiger charge is -1.97. The van der Waals surface area contributed by atoms with E-state index >= 15 is 0 Å². The zero-order chi connectivity index (χ0) is 8.97. The van der Waals surface area contributed by atoms with Crippen molar-refractivity contribution in [3.8, 4) is 0 Å². The van der Waals surface area contributed by atoms with Gasteiger partial charge in [-0.1, -0.05) is 34.6 Å². The van der Waals surface area contributed by atoms with Gasteiger partial charge in [0, 0.05) is 15.8 Å². The van der Waals surface area contributed by atoms with Crippen LogP contribution in [0.25, 0.3) is 0 Å². The first kappa shape index (κ1) is 9.81. The van der Waals surface area contributed by atoms with Gasteiger partial charge in [0.25, 0.3) is 0 Å². The van der Waals surface area contributed by atoms with Crippen LogP contribution in [0.1, 0.15) is 13.3 Å². The molecule has 0 radical (unpaired) electrons. The summed E-state index contributed by atoms with van der Waals surface area (Å²) in [5.41, 5.74) is 0. The lowest BCUT2D eigenvalue weighted by Crippen LogP contribution is -1.85. The average Bonchev–Trinajstić information content (AvgIpc) is 2.09. The minimum Gasteiger partial charge on any atom is -0.287 e. The minimum absolute atomic E-state index is 0.206. The van der Waals surface area contributed by atoms with E-state index < -0.39 is 0 Å². The highest BCUT2D eigenvalue weighted by Gasteiger charge is 2.00. The Hall–Kier alpha value is -0.280. The van der Waals surface area contributed by atoms with Gasteiger partial charge in [0.1, 0.15) is 0 Å². The summed E-state index contributed by atoms with van der Waals surface area (Å²) in [4.78, 5) is 12.0. The van der Waals surface area contributed by atoms with Gasteiger partial charge in [-0.25, -0.2) is 0 Å². The molecule has 0 saturated carbocycles. The van der Waals surface area contributed by atoms with Crippen LogP contribution in [0.2, 0.25) is 0 Å². The topological polar surface area (TPSA) is 17.1 Å². The SMILES string of the molecule is CCC(=O)Sc1ccc(Br)cc1. The predicted octanol–water partition coefficient (Wildman–Crippen LogP) is 3.48. The number of carbonyl (C=O) groups excluding carboxylic acids is 1. The second kappa shape index (κ2) is 4.67. The summed E-state index contributed by atoms with van der Waals surface area (Å²) in [6.45, 7) is 1.87. The van der Waals surface area contributed by atoms with Crippen molar-refractivity contribution in [1.29, 1.82) is 0 Å². The van der Waals surface area contributed by atoms with Crippen LogP contribution < -0.4 is 0 Å². The Balaban J connectivity index is 2.64. The van der Waals surface area contributed by atoms with E-state index in [4.69, 9.17) is 0 Å². The molecule has 0 aliphatic carbocycles. The molecule has 0 aliphatic heterocycles. The van der Waals surface area contributed by atoms with Crippen molar-refractivity contribution in [2.75, 3.05) is 0 Å². The molecule has 0 aliphatic rings. The zero-order valence-corrected chi connectivity index (χ0v) is 9.11. The van der Waals surface area contributed by atoms with Crippen LogP contribution in [0.4, 0.5) is 0 Å². The molecule has 1 aromatic carbocycles. The van der Waals surface area contributed by atoms with Crippen molar-refractivity contribution < 1.29 is 4.79 Å². The van der Waals surface area contributed by atoms with Crippen molar-refractivity contribution in [3.05, 3.63) is 28.7 Å². The summed E-state index contributed by atoms with van der Waals surface area (Å²) in [5, 5.41) is 0.206. The third kappa shape index (κ3) is 2.99. The predicted molar refractivity (Wildman–Crippen MR) is 55.3 cm³/mol. The molecule has 0 spiro atoms. The number of rotatable bonds is 2. The second-order valence-electron chi connectivity index (χ2n) is 2.28. The first-order valence-corrected chi connectivity index (χ1v) is 5.29. The lowest BCUT2D eigenvalue weighted by molar-refractivity contribution is -0.110. The molecule has 0 heterocycles. The number of hydrogen-bond donors (Lipinski definition) is 0. The van der Waals surface area contributed by atoms with Crippen LogP contribution in [-0.2, 0) is 4.79 Å². The first-order chi connectivity index (χ1) is 5.72. The quantitative estimate of drug-likeness (QED) is 0.742. The molecule has 1 rings (SSSR count). The van der Waals surface area contributed by atoms with E-state index in [0.717, 1.165) is 9.37 Å². The van der Waals surface area contributed by atoms with Gasteiger partial charge in [0.2, 0.25) is 0 Å². The Labute approximate surface area is 84.7 Å². The molecule has 1 aromatic rings. The normalized spacial score (nSPS) is 9.83. The summed E-state index contributed by atoms with van der Waals surface area (Å²) < 4.78 is 1.04. The fourth-order valence-corrected chi connectivity index (χ4v) is 1.65. The molecule has 0 saturated heterocycles. The van der Waals surface area contributed by atoms with E-state index in [2.05, 4.69) is 15.9 Å². The third-order valence-corrected chi connectivity index (χ3v) is 2.89. The highest BCUT2D eigenvalue weighted by atomic mass is 79.9. The van der Waals surface area contributed by atoms with E-state index in [1.165, 1.54) is 11.8 Å². The molecule has 0 fully saturated rings. The number of carbonyl (C=O) groups is 1.